The van der Waals surface area contributed by atoms with Crippen LogP contribution in [0.3, 0.4) is 0 Å². The molecule has 1 aromatic rings. The van der Waals surface area contributed by atoms with Gasteiger partial charge in [-0.25, -0.2) is 13.2 Å². The summed E-state index contributed by atoms with van der Waals surface area (Å²) in [5.41, 5.74) is -0.426. The summed E-state index contributed by atoms with van der Waals surface area (Å²) in [5, 5.41) is 10.3. The van der Waals surface area contributed by atoms with Gasteiger partial charge < -0.3 is 4.90 Å². The number of hydrogen-bond acceptors (Lipinski definition) is 3. The van der Waals surface area contributed by atoms with Crippen molar-refractivity contribution in [2.24, 2.45) is 0 Å². The first-order chi connectivity index (χ1) is 7.39. The molecule has 0 radical (unpaired) electrons. The maximum atomic E-state index is 13.3. The van der Waals surface area contributed by atoms with Gasteiger partial charge in [0.1, 0.15) is 0 Å². The van der Waals surface area contributed by atoms with E-state index in [-0.39, 0.29) is 5.69 Å². The summed E-state index contributed by atoms with van der Waals surface area (Å²) >= 11 is 0. The highest BCUT2D eigenvalue weighted by molar-refractivity contribution is 5.54. The average molecular weight is 232 g/mol. The van der Waals surface area contributed by atoms with Crippen molar-refractivity contribution in [3.05, 3.63) is 34.1 Å². The minimum absolute atomic E-state index is 0.0310. The molecular formula is C9H7F3N2O2. The molecule has 0 atom stereocenters. The van der Waals surface area contributed by atoms with Gasteiger partial charge in [0, 0.05) is 6.07 Å². The van der Waals surface area contributed by atoms with Crippen molar-refractivity contribution in [2.75, 3.05) is 18.0 Å². The first kappa shape index (κ1) is 10.7. The fourth-order valence-corrected chi connectivity index (χ4v) is 1.55. The number of nitro groups is 1. The molecule has 0 N–H and O–H groups in total. The van der Waals surface area contributed by atoms with E-state index in [1.807, 2.05) is 0 Å². The first-order valence-corrected chi connectivity index (χ1v) is 4.46. The highest BCUT2D eigenvalue weighted by atomic mass is 19.3. The Morgan fingerprint density at radius 1 is 1.38 bits per heavy atom. The van der Waals surface area contributed by atoms with E-state index in [1.165, 1.54) is 0 Å². The Morgan fingerprint density at radius 2 is 2.00 bits per heavy atom. The van der Waals surface area contributed by atoms with Crippen LogP contribution in [0.15, 0.2) is 18.2 Å². The maximum absolute atomic E-state index is 13.3. The van der Waals surface area contributed by atoms with Crippen LogP contribution in [0, 0.1) is 15.9 Å². The molecule has 1 aliphatic rings. The van der Waals surface area contributed by atoms with Gasteiger partial charge in [-0.2, -0.15) is 0 Å². The molecule has 86 valence electrons. The smallest absolute Gasteiger partial charge is 0.282 e. The molecule has 0 aromatic heterocycles. The SMILES string of the molecule is O=[N+]([O-])c1ccc(N2CC(F)(F)C2)c(F)c1. The molecule has 1 aromatic carbocycles. The molecule has 4 nitrogen and oxygen atoms in total. The Hall–Kier alpha value is -1.79. The van der Waals surface area contributed by atoms with Gasteiger partial charge in [-0.3, -0.25) is 10.1 Å². The zero-order valence-corrected chi connectivity index (χ0v) is 7.99. The maximum Gasteiger partial charge on any atom is 0.282 e. The molecular weight excluding hydrogens is 225 g/mol. The Morgan fingerprint density at radius 3 is 2.44 bits per heavy atom. The van der Waals surface area contributed by atoms with E-state index < -0.39 is 35.4 Å². The standard InChI is InChI=1S/C9H7F3N2O2/c10-7-3-6(14(15)16)1-2-8(7)13-4-9(11,12)5-13/h1-3H,4-5H2. The van der Waals surface area contributed by atoms with Gasteiger partial charge in [0.25, 0.3) is 11.6 Å². The van der Waals surface area contributed by atoms with Gasteiger partial charge in [-0.15, -0.1) is 0 Å². The lowest BCUT2D eigenvalue weighted by molar-refractivity contribution is -0.385. The summed E-state index contributed by atoms with van der Waals surface area (Å²) in [6.45, 7) is -1.11. The molecule has 0 bridgehead atoms. The van der Waals surface area contributed by atoms with Crippen LogP contribution in [-0.4, -0.2) is 23.9 Å². The number of benzene rings is 1. The third kappa shape index (κ3) is 1.80. The largest absolute Gasteiger partial charge is 0.357 e. The third-order valence-corrected chi connectivity index (χ3v) is 2.33. The quantitative estimate of drug-likeness (QED) is 0.580. The van der Waals surface area contributed by atoms with Crippen LogP contribution in [0.1, 0.15) is 0 Å². The lowest BCUT2D eigenvalue weighted by Crippen LogP contribution is -2.56. The minimum Gasteiger partial charge on any atom is -0.357 e. The summed E-state index contributed by atoms with van der Waals surface area (Å²) in [5.74, 6) is -3.65. The molecule has 0 amide bonds. The highest BCUT2D eigenvalue weighted by Gasteiger charge is 2.44. The van der Waals surface area contributed by atoms with E-state index in [0.29, 0.717) is 0 Å². The van der Waals surface area contributed by atoms with Gasteiger partial charge in [0.15, 0.2) is 5.82 Å². The molecule has 0 saturated carbocycles. The van der Waals surface area contributed by atoms with Crippen LogP contribution in [0.5, 0.6) is 0 Å². The molecule has 1 aliphatic heterocycles. The Labute approximate surface area is 88.4 Å². The topological polar surface area (TPSA) is 46.4 Å². The average Bonchev–Trinajstić information content (AvgIpc) is 2.13. The van der Waals surface area contributed by atoms with Crippen molar-refractivity contribution < 1.29 is 18.1 Å². The Kier molecular flexibility index (Phi) is 2.25. The lowest BCUT2D eigenvalue weighted by Gasteiger charge is -2.40. The summed E-state index contributed by atoms with van der Waals surface area (Å²) in [4.78, 5) is 10.7. The van der Waals surface area contributed by atoms with Gasteiger partial charge >= 0.3 is 0 Å². The zero-order chi connectivity index (χ0) is 11.9. The fraction of sp³-hybridized carbons (Fsp3) is 0.333. The zero-order valence-electron chi connectivity index (χ0n) is 7.99. The van der Waals surface area contributed by atoms with Gasteiger partial charge in [-0.1, -0.05) is 0 Å². The van der Waals surface area contributed by atoms with E-state index in [1.54, 1.807) is 0 Å². The normalized spacial score (nSPS) is 18.1. The predicted octanol–water partition coefficient (Wildman–Crippen LogP) is 2.19. The Balaban J connectivity index is 2.21. The van der Waals surface area contributed by atoms with Gasteiger partial charge in [-0.05, 0) is 6.07 Å². The highest BCUT2D eigenvalue weighted by Crippen LogP contribution is 2.34. The lowest BCUT2D eigenvalue weighted by atomic mass is 10.1. The van der Waals surface area contributed by atoms with E-state index >= 15 is 0 Å². The van der Waals surface area contributed by atoms with Crippen molar-refractivity contribution in [1.29, 1.82) is 0 Å². The molecule has 0 unspecified atom stereocenters. The van der Waals surface area contributed by atoms with Crippen LogP contribution in [-0.2, 0) is 0 Å². The van der Waals surface area contributed by atoms with Crippen LogP contribution in [0.2, 0.25) is 0 Å². The number of halogens is 3. The second-order valence-electron chi connectivity index (χ2n) is 3.60. The predicted molar refractivity (Wildman–Crippen MR) is 50.2 cm³/mol. The van der Waals surface area contributed by atoms with E-state index in [9.17, 15) is 23.3 Å². The number of rotatable bonds is 2. The van der Waals surface area contributed by atoms with Crippen molar-refractivity contribution in [2.45, 2.75) is 5.92 Å². The van der Waals surface area contributed by atoms with Crippen molar-refractivity contribution in [3.8, 4) is 0 Å². The number of alkyl halides is 2. The van der Waals surface area contributed by atoms with Crippen molar-refractivity contribution in [1.82, 2.24) is 0 Å². The van der Waals surface area contributed by atoms with Gasteiger partial charge in [0.2, 0.25) is 0 Å². The van der Waals surface area contributed by atoms with E-state index in [0.717, 1.165) is 23.1 Å². The fourth-order valence-electron chi connectivity index (χ4n) is 1.55. The number of nitro benzene ring substituents is 1. The molecule has 2 rings (SSSR count). The van der Waals surface area contributed by atoms with Gasteiger partial charge in [0.05, 0.1) is 29.8 Å². The first-order valence-electron chi connectivity index (χ1n) is 4.46. The number of nitrogens with zero attached hydrogens (tertiary/aromatic N) is 2. The Bertz CT molecular complexity index is 442. The van der Waals surface area contributed by atoms with E-state index in [4.69, 9.17) is 0 Å². The second-order valence-corrected chi connectivity index (χ2v) is 3.60. The third-order valence-electron chi connectivity index (χ3n) is 2.33. The molecule has 0 aliphatic carbocycles. The number of non-ortho nitro benzene ring substituents is 1. The van der Waals surface area contributed by atoms with Crippen LogP contribution in [0.4, 0.5) is 24.5 Å². The molecule has 1 fully saturated rings. The summed E-state index contributed by atoms with van der Waals surface area (Å²) < 4.78 is 38.4. The monoisotopic (exact) mass is 232 g/mol. The molecule has 1 saturated heterocycles. The number of hydrogen-bond donors (Lipinski definition) is 0. The number of anilines is 1. The second kappa shape index (κ2) is 3.36. The molecule has 1 heterocycles. The molecule has 0 spiro atoms. The summed E-state index contributed by atoms with van der Waals surface area (Å²) in [7, 11) is 0. The van der Waals surface area contributed by atoms with E-state index in [2.05, 4.69) is 0 Å². The molecule has 7 heteroatoms. The van der Waals surface area contributed by atoms with Crippen LogP contribution < -0.4 is 4.90 Å². The van der Waals surface area contributed by atoms with Crippen LogP contribution >= 0.6 is 0 Å². The summed E-state index contributed by atoms with van der Waals surface area (Å²) in [6, 6.07) is 2.96. The summed E-state index contributed by atoms with van der Waals surface area (Å²) in [6.07, 6.45) is 0. The van der Waals surface area contributed by atoms with Crippen LogP contribution in [0.25, 0.3) is 0 Å². The molecule has 16 heavy (non-hydrogen) atoms. The van der Waals surface area contributed by atoms with Crippen molar-refractivity contribution >= 4 is 11.4 Å². The minimum atomic E-state index is -2.80. The van der Waals surface area contributed by atoms with Crippen molar-refractivity contribution in [3.63, 3.8) is 0 Å².